The lowest BCUT2D eigenvalue weighted by molar-refractivity contribution is 0.378. The second-order valence-corrected chi connectivity index (χ2v) is 8.11. The van der Waals surface area contributed by atoms with Gasteiger partial charge in [-0.3, -0.25) is 0 Å². The Morgan fingerprint density at radius 2 is 1.95 bits per heavy atom. The number of nitrogen functional groups attached to an aromatic ring is 1. The molecule has 3 N–H and O–H groups in total. The molecule has 0 heterocycles. The highest BCUT2D eigenvalue weighted by Crippen LogP contribution is 2.26. The van der Waals surface area contributed by atoms with Crippen molar-refractivity contribution in [3.05, 3.63) is 22.4 Å². The number of sulfonamides is 1. The molecule has 0 fully saturated rings. The lowest BCUT2D eigenvalue weighted by Gasteiger charge is -2.18. The molecular weight excluding hydrogens is 335 g/mol. The molecule has 4 nitrogen and oxygen atoms in total. The fourth-order valence-corrected chi connectivity index (χ4v) is 3.19. The van der Waals surface area contributed by atoms with Gasteiger partial charge >= 0.3 is 0 Å². The van der Waals surface area contributed by atoms with E-state index >= 15 is 0 Å². The lowest BCUT2D eigenvalue weighted by atomic mass is 9.93. The highest BCUT2D eigenvalue weighted by molar-refractivity contribution is 9.10. The summed E-state index contributed by atoms with van der Waals surface area (Å²) in [5.41, 5.74) is 5.72. The third-order valence-corrected chi connectivity index (χ3v) is 4.51. The lowest BCUT2D eigenvalue weighted by Crippen LogP contribution is -2.28. The molecule has 0 saturated heterocycles. The summed E-state index contributed by atoms with van der Waals surface area (Å²) in [6.45, 7) is 6.24. The Bertz CT molecular complexity index is 568. The van der Waals surface area contributed by atoms with E-state index in [1.165, 1.54) is 6.07 Å². The maximum atomic E-state index is 13.8. The SMILES string of the molecule is CC(C)(C)CCNS(=O)(=O)c1cc(N)cc(Br)c1F. The van der Waals surface area contributed by atoms with Gasteiger partial charge in [-0.05, 0) is 39.9 Å². The van der Waals surface area contributed by atoms with Gasteiger partial charge in [-0.25, -0.2) is 17.5 Å². The van der Waals surface area contributed by atoms with E-state index in [0.717, 1.165) is 6.07 Å². The minimum absolute atomic E-state index is 0.00262. The van der Waals surface area contributed by atoms with Gasteiger partial charge in [0.2, 0.25) is 10.0 Å². The first-order chi connectivity index (χ1) is 8.53. The molecule has 0 spiro atoms. The van der Waals surface area contributed by atoms with E-state index in [-0.39, 0.29) is 22.1 Å². The third-order valence-electron chi connectivity index (χ3n) is 2.47. The quantitative estimate of drug-likeness (QED) is 0.818. The van der Waals surface area contributed by atoms with Crippen molar-refractivity contribution in [3.8, 4) is 0 Å². The molecule has 7 heteroatoms. The Morgan fingerprint density at radius 1 is 1.37 bits per heavy atom. The first-order valence-electron chi connectivity index (χ1n) is 5.77. The van der Waals surface area contributed by atoms with Crippen LogP contribution in [0.15, 0.2) is 21.5 Å². The van der Waals surface area contributed by atoms with Gasteiger partial charge in [0.25, 0.3) is 0 Å². The number of rotatable bonds is 4. The molecule has 1 aromatic rings. The van der Waals surface area contributed by atoms with E-state index in [1.54, 1.807) is 0 Å². The van der Waals surface area contributed by atoms with E-state index in [1.807, 2.05) is 20.8 Å². The minimum Gasteiger partial charge on any atom is -0.399 e. The Kier molecular flexibility index (Phi) is 4.97. The molecule has 0 atom stereocenters. The van der Waals surface area contributed by atoms with Crippen molar-refractivity contribution in [2.45, 2.75) is 32.1 Å². The van der Waals surface area contributed by atoms with Crippen LogP contribution in [0.1, 0.15) is 27.2 Å². The molecule has 1 aromatic carbocycles. The second kappa shape index (κ2) is 5.76. The monoisotopic (exact) mass is 352 g/mol. The number of nitrogens with one attached hydrogen (secondary N) is 1. The van der Waals surface area contributed by atoms with Crippen LogP contribution in [0.5, 0.6) is 0 Å². The number of hydrogen-bond donors (Lipinski definition) is 2. The molecule has 19 heavy (non-hydrogen) atoms. The molecule has 0 saturated carbocycles. The van der Waals surface area contributed by atoms with E-state index in [2.05, 4.69) is 20.7 Å². The summed E-state index contributed by atoms with van der Waals surface area (Å²) >= 11 is 2.94. The molecule has 0 bridgehead atoms. The molecule has 1 rings (SSSR count). The Hall–Kier alpha value is -0.660. The summed E-state index contributed by atoms with van der Waals surface area (Å²) in [7, 11) is -3.89. The molecule has 108 valence electrons. The van der Waals surface area contributed by atoms with Crippen molar-refractivity contribution in [1.29, 1.82) is 0 Å². The van der Waals surface area contributed by atoms with Gasteiger partial charge in [-0.1, -0.05) is 20.8 Å². The van der Waals surface area contributed by atoms with Crippen molar-refractivity contribution in [2.24, 2.45) is 5.41 Å². The molecule has 0 aliphatic carbocycles. The third kappa shape index (κ3) is 4.74. The number of halogens is 2. The van der Waals surface area contributed by atoms with Crippen molar-refractivity contribution in [1.82, 2.24) is 4.72 Å². The predicted octanol–water partition coefficient (Wildman–Crippen LogP) is 2.88. The zero-order chi connectivity index (χ0) is 14.8. The zero-order valence-electron chi connectivity index (χ0n) is 11.1. The maximum Gasteiger partial charge on any atom is 0.243 e. The van der Waals surface area contributed by atoms with Crippen LogP contribution < -0.4 is 10.5 Å². The molecule has 0 aromatic heterocycles. The summed E-state index contributed by atoms with van der Waals surface area (Å²) in [6, 6.07) is 2.43. The van der Waals surface area contributed by atoms with E-state index in [9.17, 15) is 12.8 Å². The first-order valence-corrected chi connectivity index (χ1v) is 8.05. The van der Waals surface area contributed by atoms with Gasteiger partial charge in [-0.15, -0.1) is 0 Å². The van der Waals surface area contributed by atoms with Gasteiger partial charge in [0.15, 0.2) is 5.82 Å². The largest absolute Gasteiger partial charge is 0.399 e. The second-order valence-electron chi connectivity index (χ2n) is 5.52. The van der Waals surface area contributed by atoms with Crippen LogP contribution in [0.2, 0.25) is 0 Å². The van der Waals surface area contributed by atoms with Crippen LogP contribution in [0.3, 0.4) is 0 Å². The average Bonchev–Trinajstić information content (AvgIpc) is 2.20. The fraction of sp³-hybridized carbons (Fsp3) is 0.500. The van der Waals surface area contributed by atoms with Crippen LogP contribution >= 0.6 is 15.9 Å². The summed E-state index contributed by atoms with van der Waals surface area (Å²) in [5, 5.41) is 0. The maximum absolute atomic E-state index is 13.8. The Balaban J connectivity index is 2.95. The Morgan fingerprint density at radius 3 is 2.47 bits per heavy atom. The molecule has 0 aliphatic heterocycles. The molecular formula is C12H18BrFN2O2S. The topological polar surface area (TPSA) is 72.2 Å². The molecule has 0 aliphatic rings. The smallest absolute Gasteiger partial charge is 0.243 e. The highest BCUT2D eigenvalue weighted by Gasteiger charge is 2.22. The van der Waals surface area contributed by atoms with Gasteiger partial charge in [0.1, 0.15) is 4.90 Å². The van der Waals surface area contributed by atoms with Gasteiger partial charge in [0.05, 0.1) is 4.47 Å². The number of nitrogens with two attached hydrogens (primary N) is 1. The van der Waals surface area contributed by atoms with Crippen LogP contribution in [-0.4, -0.2) is 15.0 Å². The number of anilines is 1. The highest BCUT2D eigenvalue weighted by atomic mass is 79.9. The summed E-state index contributed by atoms with van der Waals surface area (Å²) in [4.78, 5) is -0.437. The van der Waals surface area contributed by atoms with Gasteiger partial charge in [0, 0.05) is 12.2 Å². The molecule has 0 unspecified atom stereocenters. The zero-order valence-corrected chi connectivity index (χ0v) is 13.5. The van der Waals surface area contributed by atoms with E-state index < -0.39 is 20.7 Å². The Labute approximate surface area is 121 Å². The van der Waals surface area contributed by atoms with Crippen molar-refractivity contribution < 1.29 is 12.8 Å². The van der Waals surface area contributed by atoms with Crippen molar-refractivity contribution in [2.75, 3.05) is 12.3 Å². The number of benzene rings is 1. The number of hydrogen-bond acceptors (Lipinski definition) is 3. The molecule has 0 amide bonds. The molecule has 0 radical (unpaired) electrons. The van der Waals surface area contributed by atoms with Gasteiger partial charge in [-0.2, -0.15) is 0 Å². The summed E-state index contributed by atoms with van der Waals surface area (Å²) in [6.07, 6.45) is 0.650. The van der Waals surface area contributed by atoms with Crippen molar-refractivity contribution in [3.63, 3.8) is 0 Å². The van der Waals surface area contributed by atoms with Crippen LogP contribution in [0.4, 0.5) is 10.1 Å². The standard InChI is InChI=1S/C12H18BrFN2O2S/c1-12(2,3)4-5-16-19(17,18)10-7-8(15)6-9(13)11(10)14/h6-7,16H,4-5,15H2,1-3H3. The normalized spacial score (nSPS) is 12.7. The van der Waals surface area contributed by atoms with E-state index in [4.69, 9.17) is 5.73 Å². The first kappa shape index (κ1) is 16.4. The summed E-state index contributed by atoms with van der Waals surface area (Å²) in [5.74, 6) is -0.836. The predicted molar refractivity (Wildman–Crippen MR) is 77.8 cm³/mol. The average molecular weight is 353 g/mol. The minimum atomic E-state index is -3.89. The summed E-state index contributed by atoms with van der Waals surface area (Å²) < 4.78 is 40.3. The van der Waals surface area contributed by atoms with E-state index in [0.29, 0.717) is 6.42 Å². The van der Waals surface area contributed by atoms with Crippen LogP contribution in [0.25, 0.3) is 0 Å². The van der Waals surface area contributed by atoms with Crippen LogP contribution in [-0.2, 0) is 10.0 Å². The fourth-order valence-electron chi connectivity index (χ4n) is 1.42. The van der Waals surface area contributed by atoms with Crippen molar-refractivity contribution >= 4 is 31.6 Å². The van der Waals surface area contributed by atoms with Crippen LogP contribution in [0, 0.1) is 11.2 Å². The van der Waals surface area contributed by atoms with Gasteiger partial charge < -0.3 is 5.73 Å².